The van der Waals surface area contributed by atoms with Gasteiger partial charge in [0.05, 0.1) is 0 Å². The molecule has 0 amide bonds. The molecule has 20 heavy (non-hydrogen) atoms. The van der Waals surface area contributed by atoms with Gasteiger partial charge >= 0.3 is 0 Å². The summed E-state index contributed by atoms with van der Waals surface area (Å²) in [5, 5.41) is 0. The Morgan fingerprint density at radius 2 is 1.80 bits per heavy atom. The predicted molar refractivity (Wildman–Crippen MR) is 67.3 cm³/mol. The number of ether oxygens (including phenoxy) is 1. The molecular weight excluding hydrogens is 269 g/mol. The fourth-order valence-corrected chi connectivity index (χ4v) is 1.63. The molecule has 0 spiro atoms. The number of benzene rings is 2. The zero-order chi connectivity index (χ0) is 14.7. The van der Waals surface area contributed by atoms with Crippen LogP contribution in [0.4, 0.5) is 13.2 Å². The molecule has 0 saturated heterocycles. The van der Waals surface area contributed by atoms with E-state index < -0.39 is 23.2 Å². The molecule has 2 nitrogen and oxygen atoms in total. The maximum Gasteiger partial charge on any atom is 0.200 e. The first kappa shape index (κ1) is 14.1. The zero-order valence-corrected chi connectivity index (χ0v) is 10.6. The fourth-order valence-electron chi connectivity index (χ4n) is 1.63. The first-order valence-electron chi connectivity index (χ1n) is 5.84. The van der Waals surface area contributed by atoms with E-state index in [1.54, 1.807) is 6.92 Å². The van der Waals surface area contributed by atoms with Crippen molar-refractivity contribution in [3.8, 4) is 5.75 Å². The third-order valence-electron chi connectivity index (χ3n) is 2.75. The second-order valence-electron chi connectivity index (χ2n) is 4.25. The van der Waals surface area contributed by atoms with Crippen molar-refractivity contribution >= 4 is 5.78 Å². The lowest BCUT2D eigenvalue weighted by Gasteiger charge is -2.08. The van der Waals surface area contributed by atoms with Crippen LogP contribution < -0.4 is 4.74 Å². The quantitative estimate of drug-likeness (QED) is 0.799. The number of halogens is 3. The molecule has 5 heteroatoms. The molecule has 0 aliphatic rings. The summed E-state index contributed by atoms with van der Waals surface area (Å²) < 4.78 is 44.0. The van der Waals surface area contributed by atoms with Crippen molar-refractivity contribution in [3.05, 3.63) is 65.0 Å². The number of hydrogen-bond donors (Lipinski definition) is 0. The molecule has 0 aliphatic heterocycles. The van der Waals surface area contributed by atoms with Crippen LogP contribution in [0.2, 0.25) is 0 Å². The van der Waals surface area contributed by atoms with E-state index >= 15 is 0 Å². The molecule has 0 radical (unpaired) electrons. The van der Waals surface area contributed by atoms with Gasteiger partial charge < -0.3 is 4.74 Å². The molecule has 0 atom stereocenters. The summed E-state index contributed by atoms with van der Waals surface area (Å²) in [6, 6.07) is 6.80. The normalized spacial score (nSPS) is 10.4. The third kappa shape index (κ3) is 3.17. The largest absolute Gasteiger partial charge is 0.485 e. The van der Waals surface area contributed by atoms with Gasteiger partial charge in [-0.25, -0.2) is 13.2 Å². The summed E-state index contributed by atoms with van der Waals surface area (Å²) >= 11 is 0. The Bertz CT molecular complexity index is 654. The van der Waals surface area contributed by atoms with Gasteiger partial charge in [-0.05, 0) is 36.8 Å². The molecule has 0 N–H and O–H groups in total. The van der Waals surface area contributed by atoms with E-state index in [0.717, 1.165) is 18.2 Å². The van der Waals surface area contributed by atoms with Crippen molar-refractivity contribution in [1.29, 1.82) is 0 Å². The minimum Gasteiger partial charge on any atom is -0.485 e. The number of ketones is 1. The van der Waals surface area contributed by atoms with Gasteiger partial charge in [-0.3, -0.25) is 4.79 Å². The second kappa shape index (κ2) is 5.77. The first-order chi connectivity index (χ1) is 9.47. The first-order valence-corrected chi connectivity index (χ1v) is 5.84. The molecule has 104 valence electrons. The molecule has 0 unspecified atom stereocenters. The van der Waals surface area contributed by atoms with E-state index in [0.29, 0.717) is 5.56 Å². The van der Waals surface area contributed by atoms with Crippen LogP contribution in [0.3, 0.4) is 0 Å². The van der Waals surface area contributed by atoms with Crippen molar-refractivity contribution in [2.45, 2.75) is 6.92 Å². The van der Waals surface area contributed by atoms with Gasteiger partial charge in [-0.2, -0.15) is 0 Å². The van der Waals surface area contributed by atoms with Gasteiger partial charge in [0.2, 0.25) is 0 Å². The Labute approximate surface area is 113 Å². The summed E-state index contributed by atoms with van der Waals surface area (Å²) in [7, 11) is 0. The van der Waals surface area contributed by atoms with Crippen LogP contribution in [0.5, 0.6) is 5.75 Å². The SMILES string of the molecule is Cc1ccc(F)cc1OCC(=O)c1ccc(F)c(F)c1. The highest BCUT2D eigenvalue weighted by Crippen LogP contribution is 2.19. The molecule has 0 bridgehead atoms. The van der Waals surface area contributed by atoms with Crippen LogP contribution in [0.15, 0.2) is 36.4 Å². The van der Waals surface area contributed by atoms with Crippen LogP contribution in [0.25, 0.3) is 0 Å². The Morgan fingerprint density at radius 3 is 2.50 bits per heavy atom. The molecule has 0 aromatic heterocycles. The van der Waals surface area contributed by atoms with E-state index in [9.17, 15) is 18.0 Å². The lowest BCUT2D eigenvalue weighted by Crippen LogP contribution is -2.12. The smallest absolute Gasteiger partial charge is 0.200 e. The molecule has 2 rings (SSSR count). The van der Waals surface area contributed by atoms with Gasteiger partial charge in [0.1, 0.15) is 11.6 Å². The van der Waals surface area contributed by atoms with Crippen LogP contribution in [0.1, 0.15) is 15.9 Å². The Balaban J connectivity index is 2.08. The summed E-state index contributed by atoms with van der Waals surface area (Å²) in [5.74, 6) is -2.89. The van der Waals surface area contributed by atoms with Gasteiger partial charge in [-0.15, -0.1) is 0 Å². The van der Waals surface area contributed by atoms with Gasteiger partial charge in [0.25, 0.3) is 0 Å². The molecule has 0 fully saturated rings. The summed E-state index contributed by atoms with van der Waals surface area (Å²) in [4.78, 5) is 11.8. The van der Waals surface area contributed by atoms with E-state index in [1.807, 2.05) is 0 Å². The number of aryl methyl sites for hydroxylation is 1. The standard InChI is InChI=1S/C15H11F3O2/c1-9-2-4-11(16)7-15(9)20-8-14(19)10-3-5-12(17)13(18)6-10/h2-7H,8H2,1H3. The Kier molecular flexibility index (Phi) is 4.08. The fraction of sp³-hybridized carbons (Fsp3) is 0.133. The molecule has 2 aromatic rings. The van der Waals surface area contributed by atoms with Gasteiger partial charge in [0.15, 0.2) is 24.0 Å². The number of carbonyl (C=O) groups excluding carboxylic acids is 1. The Morgan fingerprint density at radius 1 is 1.05 bits per heavy atom. The molecule has 0 aliphatic carbocycles. The zero-order valence-electron chi connectivity index (χ0n) is 10.6. The summed E-state index contributed by atoms with van der Waals surface area (Å²) in [6.45, 7) is 1.33. The monoisotopic (exact) mass is 280 g/mol. The number of Topliss-reactive ketones (excluding diaryl/α,β-unsaturated/α-hetero) is 1. The van der Waals surface area contributed by atoms with Crippen LogP contribution in [-0.4, -0.2) is 12.4 Å². The molecular formula is C15H11F3O2. The average molecular weight is 280 g/mol. The summed E-state index contributed by atoms with van der Waals surface area (Å²) in [6.07, 6.45) is 0. The number of hydrogen-bond acceptors (Lipinski definition) is 2. The highest BCUT2D eigenvalue weighted by molar-refractivity contribution is 5.97. The lowest BCUT2D eigenvalue weighted by molar-refractivity contribution is 0.0920. The maximum absolute atomic E-state index is 13.0. The summed E-state index contributed by atoms with van der Waals surface area (Å²) in [5.41, 5.74) is 0.669. The highest BCUT2D eigenvalue weighted by Gasteiger charge is 2.11. The number of rotatable bonds is 4. The number of carbonyl (C=O) groups is 1. The molecule has 0 saturated carbocycles. The molecule has 0 heterocycles. The lowest BCUT2D eigenvalue weighted by atomic mass is 10.1. The minimum absolute atomic E-state index is 0.00189. The van der Waals surface area contributed by atoms with Crippen molar-refractivity contribution in [1.82, 2.24) is 0 Å². The van der Waals surface area contributed by atoms with Crippen molar-refractivity contribution in [2.75, 3.05) is 6.61 Å². The predicted octanol–water partition coefficient (Wildman–Crippen LogP) is 3.67. The van der Waals surface area contributed by atoms with Crippen molar-refractivity contribution < 1.29 is 22.7 Å². The third-order valence-corrected chi connectivity index (χ3v) is 2.75. The molecule has 2 aromatic carbocycles. The average Bonchev–Trinajstić information content (AvgIpc) is 2.42. The van der Waals surface area contributed by atoms with E-state index in [2.05, 4.69) is 0 Å². The van der Waals surface area contributed by atoms with Gasteiger partial charge in [0, 0.05) is 11.6 Å². The van der Waals surface area contributed by atoms with E-state index in [1.165, 1.54) is 18.2 Å². The van der Waals surface area contributed by atoms with Crippen molar-refractivity contribution in [2.24, 2.45) is 0 Å². The van der Waals surface area contributed by atoms with Crippen LogP contribution in [-0.2, 0) is 0 Å². The van der Waals surface area contributed by atoms with Crippen LogP contribution >= 0.6 is 0 Å². The minimum atomic E-state index is -1.10. The van der Waals surface area contributed by atoms with E-state index in [4.69, 9.17) is 4.74 Å². The van der Waals surface area contributed by atoms with Crippen molar-refractivity contribution in [3.63, 3.8) is 0 Å². The van der Waals surface area contributed by atoms with Gasteiger partial charge in [-0.1, -0.05) is 6.07 Å². The topological polar surface area (TPSA) is 26.3 Å². The maximum atomic E-state index is 13.0. The Hall–Kier alpha value is -2.30. The van der Waals surface area contributed by atoms with Crippen LogP contribution in [0, 0.1) is 24.4 Å². The second-order valence-corrected chi connectivity index (χ2v) is 4.25. The van der Waals surface area contributed by atoms with E-state index in [-0.39, 0.29) is 17.9 Å². The highest BCUT2D eigenvalue weighted by atomic mass is 19.2.